The highest BCUT2D eigenvalue weighted by atomic mass is 19.1. The summed E-state index contributed by atoms with van der Waals surface area (Å²) in [7, 11) is 0. The maximum Gasteiger partial charge on any atom is 0.407 e. The van der Waals surface area contributed by atoms with Crippen LogP contribution in [0.3, 0.4) is 0 Å². The third-order valence-corrected chi connectivity index (χ3v) is 2.32. The van der Waals surface area contributed by atoms with E-state index in [9.17, 15) is 9.18 Å². The van der Waals surface area contributed by atoms with Crippen LogP contribution in [0.15, 0.2) is 24.3 Å². The number of ether oxygens (including phenoxy) is 1. The van der Waals surface area contributed by atoms with Crippen LogP contribution in [0, 0.1) is 5.82 Å². The number of halogens is 1. The second-order valence-corrected chi connectivity index (χ2v) is 3.73. The molecular formula is C12H17FN2O3. The van der Waals surface area contributed by atoms with Crippen molar-refractivity contribution in [2.45, 2.75) is 6.54 Å². The molecule has 6 heteroatoms. The monoisotopic (exact) mass is 256 g/mol. The lowest BCUT2D eigenvalue weighted by Crippen LogP contribution is -2.32. The molecule has 0 aliphatic rings. The Hall–Kier alpha value is -1.66. The van der Waals surface area contributed by atoms with Gasteiger partial charge in [0.05, 0.1) is 13.2 Å². The van der Waals surface area contributed by atoms with E-state index in [-0.39, 0.29) is 18.9 Å². The van der Waals surface area contributed by atoms with Gasteiger partial charge < -0.3 is 20.5 Å². The standard InChI is InChI=1S/C12H17FN2O3/c13-11-3-1-10(2-4-11)9-15(12(16)17)6-8-18-7-5-14/h1-4H,5-9,14H2,(H,16,17). The Balaban J connectivity index is 2.47. The molecule has 1 rings (SSSR count). The molecule has 0 saturated carbocycles. The van der Waals surface area contributed by atoms with Crippen molar-refractivity contribution in [3.05, 3.63) is 35.6 Å². The second kappa shape index (κ2) is 7.62. The van der Waals surface area contributed by atoms with Crippen molar-refractivity contribution in [3.8, 4) is 0 Å². The number of nitrogens with two attached hydrogens (primary N) is 1. The average Bonchev–Trinajstić information content (AvgIpc) is 2.35. The molecule has 0 aliphatic heterocycles. The van der Waals surface area contributed by atoms with Crippen molar-refractivity contribution in [2.24, 2.45) is 5.73 Å². The number of benzene rings is 1. The van der Waals surface area contributed by atoms with Crippen molar-refractivity contribution in [1.29, 1.82) is 0 Å². The van der Waals surface area contributed by atoms with E-state index in [1.807, 2.05) is 0 Å². The van der Waals surface area contributed by atoms with Gasteiger partial charge in [0, 0.05) is 19.6 Å². The molecule has 5 nitrogen and oxygen atoms in total. The fourth-order valence-corrected chi connectivity index (χ4v) is 1.41. The average molecular weight is 256 g/mol. The van der Waals surface area contributed by atoms with Crippen molar-refractivity contribution in [1.82, 2.24) is 4.90 Å². The predicted molar refractivity (Wildman–Crippen MR) is 64.7 cm³/mol. The summed E-state index contributed by atoms with van der Waals surface area (Å²) in [6.07, 6.45) is -1.03. The van der Waals surface area contributed by atoms with Gasteiger partial charge in [-0.25, -0.2) is 9.18 Å². The largest absolute Gasteiger partial charge is 0.465 e. The molecule has 0 spiro atoms. The zero-order valence-corrected chi connectivity index (χ0v) is 10.0. The molecule has 0 fully saturated rings. The Labute approximate surface area is 105 Å². The van der Waals surface area contributed by atoms with E-state index >= 15 is 0 Å². The van der Waals surface area contributed by atoms with Crippen LogP contribution >= 0.6 is 0 Å². The van der Waals surface area contributed by atoms with Crippen LogP contribution in [-0.4, -0.2) is 42.4 Å². The van der Waals surface area contributed by atoms with E-state index in [4.69, 9.17) is 15.6 Å². The Morgan fingerprint density at radius 1 is 1.33 bits per heavy atom. The lowest BCUT2D eigenvalue weighted by molar-refractivity contribution is 0.0954. The van der Waals surface area contributed by atoms with E-state index in [1.165, 1.54) is 17.0 Å². The quantitative estimate of drug-likeness (QED) is 0.721. The number of hydrogen-bond donors (Lipinski definition) is 2. The number of amides is 1. The van der Waals surface area contributed by atoms with Gasteiger partial charge >= 0.3 is 6.09 Å². The Morgan fingerprint density at radius 3 is 2.56 bits per heavy atom. The summed E-state index contributed by atoms with van der Waals surface area (Å²) in [4.78, 5) is 12.2. The van der Waals surface area contributed by atoms with Crippen LogP contribution in [0.25, 0.3) is 0 Å². The maximum absolute atomic E-state index is 12.7. The zero-order chi connectivity index (χ0) is 13.4. The molecule has 0 aromatic heterocycles. The van der Waals surface area contributed by atoms with Gasteiger partial charge in [0.15, 0.2) is 0 Å². The van der Waals surface area contributed by atoms with Crippen LogP contribution < -0.4 is 5.73 Å². The molecule has 1 aromatic rings. The van der Waals surface area contributed by atoms with Crippen LogP contribution in [0.5, 0.6) is 0 Å². The van der Waals surface area contributed by atoms with Crippen molar-refractivity contribution >= 4 is 6.09 Å². The zero-order valence-electron chi connectivity index (χ0n) is 10.0. The normalized spacial score (nSPS) is 10.3. The topological polar surface area (TPSA) is 75.8 Å². The van der Waals surface area contributed by atoms with Crippen molar-refractivity contribution in [3.63, 3.8) is 0 Å². The minimum absolute atomic E-state index is 0.210. The van der Waals surface area contributed by atoms with E-state index < -0.39 is 6.09 Å². The fraction of sp³-hybridized carbons (Fsp3) is 0.417. The molecule has 0 saturated heterocycles. The summed E-state index contributed by atoms with van der Waals surface area (Å²) in [6, 6.07) is 5.73. The SMILES string of the molecule is NCCOCCN(Cc1ccc(F)cc1)C(=O)O. The van der Waals surface area contributed by atoms with Gasteiger partial charge in [-0.15, -0.1) is 0 Å². The van der Waals surface area contributed by atoms with E-state index in [1.54, 1.807) is 12.1 Å². The Kier molecular flexibility index (Phi) is 6.10. The summed E-state index contributed by atoms with van der Waals surface area (Å²) >= 11 is 0. The summed E-state index contributed by atoms with van der Waals surface area (Å²) in [5.74, 6) is -0.341. The highest BCUT2D eigenvalue weighted by molar-refractivity contribution is 5.64. The third kappa shape index (κ3) is 5.11. The van der Waals surface area contributed by atoms with Crippen LogP contribution in [0.2, 0.25) is 0 Å². The molecule has 100 valence electrons. The smallest absolute Gasteiger partial charge is 0.407 e. The Morgan fingerprint density at radius 2 is 2.00 bits per heavy atom. The van der Waals surface area contributed by atoms with Gasteiger partial charge in [0.1, 0.15) is 5.82 Å². The minimum atomic E-state index is -1.03. The summed E-state index contributed by atoms with van der Waals surface area (Å²) in [5.41, 5.74) is 5.99. The first-order chi connectivity index (χ1) is 8.63. The first kappa shape index (κ1) is 14.4. The van der Waals surface area contributed by atoms with E-state index in [0.29, 0.717) is 19.8 Å². The minimum Gasteiger partial charge on any atom is -0.465 e. The third-order valence-electron chi connectivity index (χ3n) is 2.32. The van der Waals surface area contributed by atoms with Crippen LogP contribution in [-0.2, 0) is 11.3 Å². The molecule has 0 heterocycles. The van der Waals surface area contributed by atoms with Gasteiger partial charge in [-0.2, -0.15) is 0 Å². The highest BCUT2D eigenvalue weighted by Crippen LogP contribution is 2.06. The van der Waals surface area contributed by atoms with Crippen LogP contribution in [0.1, 0.15) is 5.56 Å². The number of carboxylic acid groups (broad SMARTS) is 1. The second-order valence-electron chi connectivity index (χ2n) is 3.73. The van der Waals surface area contributed by atoms with Gasteiger partial charge in [0.2, 0.25) is 0 Å². The summed E-state index contributed by atoms with van der Waals surface area (Å²) in [5, 5.41) is 9.02. The van der Waals surface area contributed by atoms with Gasteiger partial charge in [-0.3, -0.25) is 0 Å². The number of carbonyl (C=O) groups is 1. The molecule has 0 aliphatic carbocycles. The molecule has 0 atom stereocenters. The predicted octanol–water partition coefficient (Wildman–Crippen LogP) is 1.28. The molecular weight excluding hydrogens is 239 g/mol. The molecule has 1 amide bonds. The molecule has 0 bridgehead atoms. The van der Waals surface area contributed by atoms with Gasteiger partial charge in [0.25, 0.3) is 0 Å². The molecule has 0 radical (unpaired) electrons. The first-order valence-electron chi connectivity index (χ1n) is 5.63. The summed E-state index contributed by atoms with van der Waals surface area (Å²) in [6.45, 7) is 1.58. The lowest BCUT2D eigenvalue weighted by Gasteiger charge is -2.19. The molecule has 18 heavy (non-hydrogen) atoms. The van der Waals surface area contributed by atoms with Gasteiger partial charge in [-0.05, 0) is 17.7 Å². The number of nitrogens with zero attached hydrogens (tertiary/aromatic N) is 1. The molecule has 1 aromatic carbocycles. The number of rotatable bonds is 7. The highest BCUT2D eigenvalue weighted by Gasteiger charge is 2.11. The maximum atomic E-state index is 12.7. The Bertz CT molecular complexity index is 370. The van der Waals surface area contributed by atoms with Crippen molar-refractivity contribution < 1.29 is 19.0 Å². The molecule has 3 N–H and O–H groups in total. The first-order valence-corrected chi connectivity index (χ1v) is 5.63. The fourth-order valence-electron chi connectivity index (χ4n) is 1.41. The summed E-state index contributed by atoms with van der Waals surface area (Å²) < 4.78 is 17.8. The molecule has 0 unspecified atom stereocenters. The van der Waals surface area contributed by atoms with Gasteiger partial charge in [-0.1, -0.05) is 12.1 Å². The van der Waals surface area contributed by atoms with Crippen LogP contribution in [0.4, 0.5) is 9.18 Å². The van der Waals surface area contributed by atoms with E-state index in [0.717, 1.165) is 5.56 Å². The van der Waals surface area contributed by atoms with E-state index in [2.05, 4.69) is 0 Å². The lowest BCUT2D eigenvalue weighted by atomic mass is 10.2. The van der Waals surface area contributed by atoms with Crippen molar-refractivity contribution in [2.75, 3.05) is 26.3 Å². The number of hydrogen-bond acceptors (Lipinski definition) is 3.